The van der Waals surface area contributed by atoms with E-state index in [1.807, 2.05) is 23.1 Å². The first-order chi connectivity index (χ1) is 10.1. The third-order valence-corrected chi connectivity index (χ3v) is 3.73. The lowest BCUT2D eigenvalue weighted by atomic mass is 10.1. The Morgan fingerprint density at radius 2 is 2.00 bits per heavy atom. The van der Waals surface area contributed by atoms with Gasteiger partial charge < -0.3 is 11.1 Å². The molecule has 3 N–H and O–H groups in total. The molecule has 0 unspecified atom stereocenters. The third-order valence-electron chi connectivity index (χ3n) is 3.73. The quantitative estimate of drug-likeness (QED) is 0.759. The fourth-order valence-corrected chi connectivity index (χ4v) is 2.67. The normalized spacial score (nSPS) is 20.1. The zero-order chi connectivity index (χ0) is 15.2. The van der Waals surface area contributed by atoms with Crippen LogP contribution in [0.1, 0.15) is 5.56 Å². The van der Waals surface area contributed by atoms with Gasteiger partial charge in [0.1, 0.15) is 6.04 Å². The number of carbonyl (C=O) groups excluding carboxylic acids is 2. The van der Waals surface area contributed by atoms with E-state index in [1.54, 1.807) is 7.05 Å². The molecule has 1 aromatic carbocycles. The van der Waals surface area contributed by atoms with Crippen LogP contribution in [0.25, 0.3) is 0 Å². The van der Waals surface area contributed by atoms with Crippen molar-refractivity contribution >= 4 is 11.8 Å². The molecule has 6 nitrogen and oxygen atoms in total. The number of primary amides is 1. The highest BCUT2D eigenvalue weighted by Crippen LogP contribution is 2.13. The molecule has 6 heteroatoms. The zero-order valence-electron chi connectivity index (χ0n) is 12.3. The summed E-state index contributed by atoms with van der Waals surface area (Å²) < 4.78 is 0. The minimum atomic E-state index is -0.402. The van der Waals surface area contributed by atoms with E-state index in [9.17, 15) is 9.59 Å². The molecule has 21 heavy (non-hydrogen) atoms. The number of piperazine rings is 1. The van der Waals surface area contributed by atoms with Gasteiger partial charge in [0.25, 0.3) is 0 Å². The van der Waals surface area contributed by atoms with Crippen LogP contribution in [0.2, 0.25) is 0 Å². The number of likely N-dealkylation sites (N-methyl/N-ethyl adjacent to an activating group) is 1. The molecule has 2 rings (SSSR count). The van der Waals surface area contributed by atoms with Crippen molar-refractivity contribution in [3.05, 3.63) is 35.9 Å². The molecular formula is C15H22N4O2. The van der Waals surface area contributed by atoms with Crippen molar-refractivity contribution in [3.8, 4) is 0 Å². The zero-order valence-corrected chi connectivity index (χ0v) is 12.3. The summed E-state index contributed by atoms with van der Waals surface area (Å²) in [4.78, 5) is 27.2. The number of hydrogen-bond donors (Lipinski definition) is 2. The molecule has 0 aliphatic carbocycles. The maximum absolute atomic E-state index is 12.0. The molecule has 0 aromatic heterocycles. The second kappa shape index (κ2) is 7.19. The van der Waals surface area contributed by atoms with Crippen molar-refractivity contribution in [3.63, 3.8) is 0 Å². The van der Waals surface area contributed by atoms with E-state index in [2.05, 4.69) is 22.3 Å². The molecule has 0 bridgehead atoms. The van der Waals surface area contributed by atoms with E-state index < -0.39 is 5.91 Å². The fraction of sp³-hybridized carbons (Fsp3) is 0.467. The third kappa shape index (κ3) is 4.27. The van der Waals surface area contributed by atoms with Gasteiger partial charge in [-0.2, -0.15) is 0 Å². The van der Waals surface area contributed by atoms with Crippen LogP contribution in [-0.4, -0.2) is 60.9 Å². The number of rotatable bonds is 5. The monoisotopic (exact) mass is 290 g/mol. The highest BCUT2D eigenvalue weighted by molar-refractivity contribution is 5.83. The Balaban J connectivity index is 2.02. The van der Waals surface area contributed by atoms with E-state index in [1.165, 1.54) is 5.56 Å². The maximum atomic E-state index is 12.0. The lowest BCUT2D eigenvalue weighted by molar-refractivity contribution is -0.130. The standard InChI is InChI=1S/C15H22N4O2/c1-17-15(21)13-10-18(7-8-19(13)11-14(16)20)9-12-5-3-2-4-6-12/h2-6,13H,7-11H2,1H3,(H2,16,20)(H,17,21)/t13-/m0/s1. The Hall–Kier alpha value is -1.92. The van der Waals surface area contributed by atoms with E-state index in [0.29, 0.717) is 13.1 Å². The van der Waals surface area contributed by atoms with Crippen LogP contribution in [0, 0.1) is 0 Å². The van der Waals surface area contributed by atoms with Gasteiger partial charge in [0.15, 0.2) is 0 Å². The minimum Gasteiger partial charge on any atom is -0.369 e. The second-order valence-corrected chi connectivity index (χ2v) is 5.29. The predicted octanol–water partition coefficient (Wildman–Crippen LogP) is -0.596. The first-order valence-electron chi connectivity index (χ1n) is 7.10. The SMILES string of the molecule is CNC(=O)[C@@H]1CN(Cc2ccccc2)CCN1CC(N)=O. The molecule has 1 aliphatic heterocycles. The van der Waals surface area contributed by atoms with Gasteiger partial charge in [0.05, 0.1) is 6.54 Å². The number of amides is 2. The number of nitrogens with two attached hydrogens (primary N) is 1. The minimum absolute atomic E-state index is 0.0750. The van der Waals surface area contributed by atoms with E-state index >= 15 is 0 Å². The largest absolute Gasteiger partial charge is 0.369 e. The molecule has 0 spiro atoms. The van der Waals surface area contributed by atoms with Crippen molar-refractivity contribution < 1.29 is 9.59 Å². The Kier molecular flexibility index (Phi) is 5.30. The highest BCUT2D eigenvalue weighted by Gasteiger charge is 2.32. The van der Waals surface area contributed by atoms with Crippen LogP contribution < -0.4 is 11.1 Å². The summed E-state index contributed by atoms with van der Waals surface area (Å²) in [6.45, 7) is 3.00. The van der Waals surface area contributed by atoms with Crippen molar-refractivity contribution in [2.45, 2.75) is 12.6 Å². The van der Waals surface area contributed by atoms with E-state index in [-0.39, 0.29) is 18.5 Å². The second-order valence-electron chi connectivity index (χ2n) is 5.29. The van der Waals surface area contributed by atoms with Gasteiger partial charge >= 0.3 is 0 Å². The van der Waals surface area contributed by atoms with Crippen LogP contribution >= 0.6 is 0 Å². The fourth-order valence-electron chi connectivity index (χ4n) is 2.67. The summed E-state index contributed by atoms with van der Waals surface area (Å²) >= 11 is 0. The number of benzene rings is 1. The first-order valence-corrected chi connectivity index (χ1v) is 7.10. The molecule has 0 saturated carbocycles. The van der Waals surface area contributed by atoms with Crippen LogP contribution in [0.4, 0.5) is 0 Å². The molecule has 1 saturated heterocycles. The van der Waals surface area contributed by atoms with Crippen LogP contribution in [0.15, 0.2) is 30.3 Å². The Labute approximate surface area is 124 Å². The van der Waals surface area contributed by atoms with Gasteiger partial charge in [0.2, 0.25) is 11.8 Å². The van der Waals surface area contributed by atoms with Crippen LogP contribution in [0.3, 0.4) is 0 Å². The van der Waals surface area contributed by atoms with Gasteiger partial charge in [-0.15, -0.1) is 0 Å². The van der Waals surface area contributed by atoms with Gasteiger partial charge in [0, 0.05) is 33.2 Å². The Morgan fingerprint density at radius 3 is 2.62 bits per heavy atom. The number of hydrogen-bond acceptors (Lipinski definition) is 4. The molecule has 1 atom stereocenters. The molecular weight excluding hydrogens is 268 g/mol. The van der Waals surface area contributed by atoms with Crippen molar-refractivity contribution in [2.24, 2.45) is 5.73 Å². The number of carbonyl (C=O) groups is 2. The summed E-state index contributed by atoms with van der Waals surface area (Å²) in [6.07, 6.45) is 0. The summed E-state index contributed by atoms with van der Waals surface area (Å²) in [5.74, 6) is -0.477. The molecule has 1 fully saturated rings. The Bertz CT molecular complexity index is 492. The summed E-state index contributed by atoms with van der Waals surface area (Å²) in [5.41, 5.74) is 6.48. The molecule has 1 aliphatic rings. The van der Waals surface area contributed by atoms with Gasteiger partial charge in [-0.25, -0.2) is 0 Å². The molecule has 1 heterocycles. The maximum Gasteiger partial charge on any atom is 0.238 e. The van der Waals surface area contributed by atoms with Crippen LogP contribution in [-0.2, 0) is 16.1 Å². The van der Waals surface area contributed by atoms with E-state index in [0.717, 1.165) is 13.1 Å². The van der Waals surface area contributed by atoms with Crippen molar-refractivity contribution in [1.82, 2.24) is 15.1 Å². The Morgan fingerprint density at radius 1 is 1.29 bits per heavy atom. The van der Waals surface area contributed by atoms with Crippen molar-refractivity contribution in [2.75, 3.05) is 33.2 Å². The summed E-state index contributed by atoms with van der Waals surface area (Å²) in [7, 11) is 1.61. The highest BCUT2D eigenvalue weighted by atomic mass is 16.2. The van der Waals surface area contributed by atoms with E-state index in [4.69, 9.17) is 5.73 Å². The van der Waals surface area contributed by atoms with Gasteiger partial charge in [-0.3, -0.25) is 19.4 Å². The lowest BCUT2D eigenvalue weighted by Gasteiger charge is -2.39. The molecule has 2 amide bonds. The summed E-state index contributed by atoms with van der Waals surface area (Å²) in [5, 5.41) is 2.66. The number of nitrogens with one attached hydrogen (secondary N) is 1. The first kappa shape index (κ1) is 15.5. The topological polar surface area (TPSA) is 78.7 Å². The predicted molar refractivity (Wildman–Crippen MR) is 80.3 cm³/mol. The summed E-state index contributed by atoms with van der Waals surface area (Å²) in [6, 6.07) is 9.82. The average molecular weight is 290 g/mol. The van der Waals surface area contributed by atoms with Crippen molar-refractivity contribution in [1.29, 1.82) is 0 Å². The molecule has 114 valence electrons. The molecule has 1 aromatic rings. The number of nitrogens with zero attached hydrogens (tertiary/aromatic N) is 2. The van der Waals surface area contributed by atoms with Gasteiger partial charge in [-0.1, -0.05) is 30.3 Å². The molecule has 0 radical (unpaired) electrons. The lowest BCUT2D eigenvalue weighted by Crippen LogP contribution is -2.59. The van der Waals surface area contributed by atoms with Crippen LogP contribution in [0.5, 0.6) is 0 Å². The van der Waals surface area contributed by atoms with Gasteiger partial charge in [-0.05, 0) is 5.56 Å². The average Bonchev–Trinajstić information content (AvgIpc) is 2.48. The smallest absolute Gasteiger partial charge is 0.238 e.